The number of anilines is 1. The Bertz CT molecular complexity index is 809. The number of benzene rings is 1. The first kappa shape index (κ1) is 19.7. The van der Waals surface area contributed by atoms with E-state index in [-0.39, 0.29) is 12.0 Å². The molecular weight excluding hydrogens is 444 g/mol. The van der Waals surface area contributed by atoms with Crippen molar-refractivity contribution >= 4 is 38.9 Å². The van der Waals surface area contributed by atoms with E-state index >= 15 is 0 Å². The lowest BCUT2D eigenvalue weighted by Crippen LogP contribution is -2.37. The van der Waals surface area contributed by atoms with E-state index in [2.05, 4.69) is 37.6 Å². The van der Waals surface area contributed by atoms with Crippen molar-refractivity contribution in [3.05, 3.63) is 39.0 Å². The maximum atomic E-state index is 12.8. The molecule has 8 heteroatoms. The summed E-state index contributed by atoms with van der Waals surface area (Å²) >= 11 is 5.21. The minimum atomic E-state index is -0.0630. The summed E-state index contributed by atoms with van der Waals surface area (Å²) in [6, 6.07) is 7.78. The number of carbonyl (C=O) groups excluding carboxylic acids is 1. The van der Waals surface area contributed by atoms with Gasteiger partial charge in [0, 0.05) is 41.2 Å². The fraction of sp³-hybridized carbons (Fsp3) is 0.450. The fourth-order valence-corrected chi connectivity index (χ4v) is 4.60. The van der Waals surface area contributed by atoms with Gasteiger partial charge in [0.25, 0.3) is 0 Å². The predicted octanol–water partition coefficient (Wildman–Crippen LogP) is 3.90. The van der Waals surface area contributed by atoms with E-state index in [9.17, 15) is 4.79 Å². The molecular formula is C20H23BrN2O4S. The Morgan fingerprint density at radius 3 is 2.79 bits per heavy atom. The largest absolute Gasteiger partial charge is 0.486 e. The smallest absolute Gasteiger partial charge is 0.238 e. The second-order valence-corrected chi connectivity index (χ2v) is 8.79. The van der Waals surface area contributed by atoms with Gasteiger partial charge in [0.05, 0.1) is 18.3 Å². The number of nitrogens with one attached hydrogen (secondary N) is 1. The zero-order valence-electron chi connectivity index (χ0n) is 15.5. The maximum absolute atomic E-state index is 12.8. The first-order valence-electron chi connectivity index (χ1n) is 9.43. The van der Waals surface area contributed by atoms with Crippen LogP contribution in [-0.4, -0.2) is 49.8 Å². The highest BCUT2D eigenvalue weighted by Gasteiger charge is 2.22. The molecule has 150 valence electrons. The Morgan fingerprint density at radius 1 is 1.25 bits per heavy atom. The topological polar surface area (TPSA) is 60.0 Å². The second-order valence-electron chi connectivity index (χ2n) is 6.91. The summed E-state index contributed by atoms with van der Waals surface area (Å²) < 4.78 is 17.7. The van der Waals surface area contributed by atoms with Gasteiger partial charge >= 0.3 is 0 Å². The summed E-state index contributed by atoms with van der Waals surface area (Å²) in [5, 5.41) is 5.06. The number of fused-ring (bicyclic) bond motifs is 1. The zero-order valence-corrected chi connectivity index (χ0v) is 17.9. The van der Waals surface area contributed by atoms with Crippen LogP contribution < -0.4 is 14.8 Å². The van der Waals surface area contributed by atoms with Gasteiger partial charge in [-0.05, 0) is 40.2 Å². The average molecular weight is 467 g/mol. The van der Waals surface area contributed by atoms with Gasteiger partial charge in [0.1, 0.15) is 13.2 Å². The van der Waals surface area contributed by atoms with E-state index in [4.69, 9.17) is 14.2 Å². The van der Waals surface area contributed by atoms with E-state index in [1.807, 2.05) is 12.1 Å². The molecule has 28 heavy (non-hydrogen) atoms. The van der Waals surface area contributed by atoms with Gasteiger partial charge in [-0.1, -0.05) is 6.07 Å². The Labute approximate surface area is 176 Å². The van der Waals surface area contributed by atoms with E-state index in [0.29, 0.717) is 36.9 Å². The summed E-state index contributed by atoms with van der Waals surface area (Å²) in [4.78, 5) is 16.2. The molecule has 1 unspecified atom stereocenters. The predicted molar refractivity (Wildman–Crippen MR) is 112 cm³/mol. The van der Waals surface area contributed by atoms with Crippen molar-refractivity contribution in [3.63, 3.8) is 0 Å². The monoisotopic (exact) mass is 466 g/mol. The van der Waals surface area contributed by atoms with Crippen LogP contribution in [0.3, 0.4) is 0 Å². The molecule has 0 saturated carbocycles. The van der Waals surface area contributed by atoms with E-state index < -0.39 is 0 Å². The number of hydrogen-bond acceptors (Lipinski definition) is 6. The lowest BCUT2D eigenvalue weighted by Gasteiger charge is -2.24. The number of ether oxygens (including phenoxy) is 3. The normalized spacial score (nSPS) is 18.4. The third-order valence-corrected chi connectivity index (χ3v) is 6.24. The Morgan fingerprint density at radius 2 is 2.07 bits per heavy atom. The molecule has 0 radical (unpaired) electrons. The van der Waals surface area contributed by atoms with Crippen LogP contribution in [0, 0.1) is 0 Å². The third-order valence-electron chi connectivity index (χ3n) is 4.72. The highest BCUT2D eigenvalue weighted by Crippen LogP contribution is 2.38. The van der Waals surface area contributed by atoms with Gasteiger partial charge in [-0.2, -0.15) is 0 Å². The molecule has 0 bridgehead atoms. The van der Waals surface area contributed by atoms with Gasteiger partial charge in [0.2, 0.25) is 5.91 Å². The standard InChI is InChI=1S/C20H23BrN2O4S/c21-16-9-18-19(27-7-6-26-18)10-17(16)22-20(24)13-23(11-14-3-1-5-25-14)12-15-4-2-8-28-15/h2,4,8-10,14H,1,3,5-7,11-13H2,(H,22,24). The van der Waals surface area contributed by atoms with Crippen LogP contribution in [0.4, 0.5) is 5.69 Å². The SMILES string of the molecule is O=C(CN(Cc1cccs1)CC1CCCO1)Nc1cc2c(cc1Br)OCCO2. The minimum Gasteiger partial charge on any atom is -0.486 e. The van der Waals surface area contributed by atoms with Crippen LogP contribution in [0.5, 0.6) is 11.5 Å². The Kier molecular flexibility index (Phi) is 6.51. The summed E-state index contributed by atoms with van der Waals surface area (Å²) in [6.07, 6.45) is 2.35. The van der Waals surface area contributed by atoms with Crippen molar-refractivity contribution in [3.8, 4) is 11.5 Å². The van der Waals surface area contributed by atoms with Crippen LogP contribution in [0.2, 0.25) is 0 Å². The third kappa shape index (κ3) is 5.05. The maximum Gasteiger partial charge on any atom is 0.238 e. The summed E-state index contributed by atoms with van der Waals surface area (Å²) in [6.45, 7) is 3.66. The molecule has 0 spiro atoms. The van der Waals surface area contributed by atoms with Crippen LogP contribution in [0.15, 0.2) is 34.1 Å². The number of hydrogen-bond donors (Lipinski definition) is 1. The van der Waals surface area contributed by atoms with Crippen molar-refractivity contribution < 1.29 is 19.0 Å². The molecule has 1 fully saturated rings. The van der Waals surface area contributed by atoms with E-state index in [0.717, 1.165) is 37.0 Å². The first-order valence-corrected chi connectivity index (χ1v) is 11.1. The second kappa shape index (κ2) is 9.26. The highest BCUT2D eigenvalue weighted by atomic mass is 79.9. The number of halogens is 1. The van der Waals surface area contributed by atoms with Gasteiger partial charge in [-0.25, -0.2) is 0 Å². The molecule has 1 aromatic heterocycles. The highest BCUT2D eigenvalue weighted by molar-refractivity contribution is 9.10. The van der Waals surface area contributed by atoms with E-state index in [1.54, 1.807) is 17.4 Å². The number of amides is 1. The molecule has 1 atom stereocenters. The summed E-state index contributed by atoms with van der Waals surface area (Å²) in [5.41, 5.74) is 0.683. The zero-order chi connectivity index (χ0) is 19.3. The Balaban J connectivity index is 1.41. The van der Waals surface area contributed by atoms with Crippen molar-refractivity contribution in [2.75, 3.05) is 38.2 Å². The van der Waals surface area contributed by atoms with Crippen molar-refractivity contribution in [2.45, 2.75) is 25.5 Å². The Hall–Kier alpha value is -1.61. The molecule has 2 aliphatic rings. The van der Waals surface area contributed by atoms with Gasteiger partial charge in [0.15, 0.2) is 11.5 Å². The number of rotatable bonds is 7. The van der Waals surface area contributed by atoms with Gasteiger partial charge in [-0.3, -0.25) is 9.69 Å². The molecule has 1 aromatic carbocycles. The van der Waals surface area contributed by atoms with E-state index in [1.165, 1.54) is 4.88 Å². The molecule has 2 aromatic rings. The molecule has 3 heterocycles. The molecule has 2 aliphatic heterocycles. The van der Waals surface area contributed by atoms with Crippen LogP contribution in [0.25, 0.3) is 0 Å². The van der Waals surface area contributed by atoms with Gasteiger partial charge < -0.3 is 19.5 Å². The summed E-state index contributed by atoms with van der Waals surface area (Å²) in [5.74, 6) is 1.28. The molecule has 1 saturated heterocycles. The molecule has 6 nitrogen and oxygen atoms in total. The number of carbonyl (C=O) groups is 1. The van der Waals surface area contributed by atoms with Gasteiger partial charge in [-0.15, -0.1) is 11.3 Å². The van der Waals surface area contributed by atoms with Crippen LogP contribution in [0.1, 0.15) is 17.7 Å². The summed E-state index contributed by atoms with van der Waals surface area (Å²) in [7, 11) is 0. The molecule has 1 N–H and O–H groups in total. The van der Waals surface area contributed by atoms with Crippen molar-refractivity contribution in [1.29, 1.82) is 0 Å². The molecule has 0 aliphatic carbocycles. The number of nitrogens with zero attached hydrogens (tertiary/aromatic N) is 1. The molecule has 1 amide bonds. The van der Waals surface area contributed by atoms with Crippen LogP contribution >= 0.6 is 27.3 Å². The van der Waals surface area contributed by atoms with Crippen molar-refractivity contribution in [1.82, 2.24) is 4.90 Å². The lowest BCUT2D eigenvalue weighted by atomic mass is 10.2. The van der Waals surface area contributed by atoms with Crippen molar-refractivity contribution in [2.24, 2.45) is 0 Å². The lowest BCUT2D eigenvalue weighted by molar-refractivity contribution is -0.117. The quantitative estimate of drug-likeness (QED) is 0.670. The van der Waals surface area contributed by atoms with Crippen LogP contribution in [-0.2, 0) is 16.1 Å². The number of thiophene rings is 1. The minimum absolute atomic E-state index is 0.0630. The fourth-order valence-electron chi connectivity index (χ4n) is 3.44. The first-order chi connectivity index (χ1) is 13.7. The average Bonchev–Trinajstić information content (AvgIpc) is 3.36. The molecule has 4 rings (SSSR count).